The van der Waals surface area contributed by atoms with Crippen LogP contribution < -0.4 is 0 Å². The molecule has 1 N–H and O–H groups in total. The second-order valence-corrected chi connectivity index (χ2v) is 21.8. The molecular formula is C45H58O9Si. The van der Waals surface area contributed by atoms with E-state index in [1.165, 1.54) is 0 Å². The molecule has 0 spiro atoms. The molecule has 8 bridgehead atoms. The number of allylic oxidation sites excluding steroid dienone is 1. The van der Waals surface area contributed by atoms with Gasteiger partial charge in [0.25, 0.3) is 5.97 Å². The number of carbonyl (C=O) groups is 2. The number of hydrogen-bond acceptors (Lipinski definition) is 9. The third-order valence-corrected chi connectivity index (χ3v) is 15.8. The number of aldehydes is 1. The van der Waals surface area contributed by atoms with E-state index in [0.717, 1.165) is 35.8 Å². The number of hydrogen-bond donors (Lipinski definition) is 1. The van der Waals surface area contributed by atoms with Gasteiger partial charge in [-0.25, -0.2) is 0 Å². The Bertz CT molecular complexity index is 1820. The second-order valence-electron chi connectivity index (χ2n) is 19.5. The van der Waals surface area contributed by atoms with Crippen molar-refractivity contribution in [2.75, 3.05) is 6.61 Å². The van der Waals surface area contributed by atoms with E-state index in [-0.39, 0.29) is 36.2 Å². The molecule has 2 aromatic rings. The lowest BCUT2D eigenvalue weighted by Gasteiger charge is -2.59. The van der Waals surface area contributed by atoms with Gasteiger partial charge in [-0.1, -0.05) is 120 Å². The van der Waals surface area contributed by atoms with Crippen LogP contribution in [0.1, 0.15) is 84.5 Å². The van der Waals surface area contributed by atoms with E-state index < -0.39 is 73.0 Å². The Kier molecular flexibility index (Phi) is 8.70. The number of fused-ring (bicyclic) bond motifs is 2. The fraction of sp³-hybridized carbons (Fsp3) is 0.644. The number of rotatable bonds is 11. The first-order valence-electron chi connectivity index (χ1n) is 20.6. The summed E-state index contributed by atoms with van der Waals surface area (Å²) < 4.78 is 40.7. The lowest BCUT2D eigenvalue weighted by molar-refractivity contribution is -0.491. The molecule has 4 saturated heterocycles. The van der Waals surface area contributed by atoms with Gasteiger partial charge in [-0.15, -0.1) is 0 Å². The zero-order chi connectivity index (χ0) is 38.9. The lowest BCUT2D eigenvalue weighted by atomic mass is 9.43. The molecule has 4 heterocycles. The molecular weight excluding hydrogens is 713 g/mol. The molecule has 9 nitrogen and oxygen atoms in total. The summed E-state index contributed by atoms with van der Waals surface area (Å²) in [6.07, 6.45) is 3.50. The summed E-state index contributed by atoms with van der Waals surface area (Å²) in [6, 6.07) is 19.8. The van der Waals surface area contributed by atoms with Crippen LogP contribution in [0.2, 0.25) is 13.1 Å². The third kappa shape index (κ3) is 4.91. The zero-order valence-corrected chi connectivity index (χ0v) is 34.7. The van der Waals surface area contributed by atoms with E-state index in [0.29, 0.717) is 18.8 Å². The zero-order valence-electron chi connectivity index (χ0n) is 33.5. The van der Waals surface area contributed by atoms with Crippen LogP contribution in [0, 0.1) is 57.2 Å². The number of ether oxygens (including phenoxy) is 5. The van der Waals surface area contributed by atoms with Crippen molar-refractivity contribution in [2.24, 2.45) is 57.2 Å². The highest BCUT2D eigenvalue weighted by Gasteiger charge is 2.86. The average molecular weight is 771 g/mol. The third-order valence-electron chi connectivity index (χ3n) is 15.0. The summed E-state index contributed by atoms with van der Waals surface area (Å²) in [5.41, 5.74) is -0.842. The van der Waals surface area contributed by atoms with Gasteiger partial charge in [-0.3, -0.25) is 9.53 Å². The standard InChI is InChI=1S/C45H58O9Si/c1-26(2)33-21-30-22-41(24-46)32-20-19-27(3)31(32)23-42(30,43(33,41)39(48)50-35(28-15-11-9-12-16-28)29-17-13-10-14-18-29)25-49-44-37(40(4,5)6)36-34(47)38(52-44)45(51-36,53-44)54-55(7)8/h9-18,21,24,26-27,30-32,34-38,47,55H,19-20,22-23,25H2,1-8H3. The van der Waals surface area contributed by atoms with Crippen LogP contribution in [0.4, 0.5) is 0 Å². The normalized spacial score (nSPS) is 43.5. The summed E-state index contributed by atoms with van der Waals surface area (Å²) in [4.78, 5) is 30.3. The van der Waals surface area contributed by atoms with Crippen LogP contribution >= 0.6 is 0 Å². The highest BCUT2D eigenvalue weighted by Crippen LogP contribution is 2.83. The summed E-state index contributed by atoms with van der Waals surface area (Å²) >= 11 is 0. The van der Waals surface area contributed by atoms with Crippen molar-refractivity contribution in [1.29, 1.82) is 0 Å². The Morgan fingerprint density at radius 3 is 2.22 bits per heavy atom. The molecule has 296 valence electrons. The van der Waals surface area contributed by atoms with E-state index in [9.17, 15) is 9.90 Å². The first-order chi connectivity index (χ1) is 26.1. The van der Waals surface area contributed by atoms with Crippen molar-refractivity contribution < 1.29 is 42.8 Å². The predicted molar refractivity (Wildman–Crippen MR) is 206 cm³/mol. The van der Waals surface area contributed by atoms with Crippen LogP contribution in [0.15, 0.2) is 72.3 Å². The van der Waals surface area contributed by atoms with Gasteiger partial charge >= 0.3 is 11.9 Å². The van der Waals surface area contributed by atoms with E-state index >= 15 is 4.79 Å². The van der Waals surface area contributed by atoms with Gasteiger partial charge in [-0.05, 0) is 78.5 Å². The first kappa shape index (κ1) is 37.9. The maximum atomic E-state index is 16.0. The van der Waals surface area contributed by atoms with Crippen LogP contribution in [-0.4, -0.2) is 63.3 Å². The Balaban J connectivity index is 1.19. The lowest BCUT2D eigenvalue weighted by Crippen LogP contribution is -2.66. The maximum absolute atomic E-state index is 16.0. The summed E-state index contributed by atoms with van der Waals surface area (Å²) in [5.74, 6) is -3.52. The van der Waals surface area contributed by atoms with Gasteiger partial charge in [0.1, 0.15) is 23.9 Å². The topological polar surface area (TPSA) is 110 Å². The fourth-order valence-corrected chi connectivity index (χ4v) is 14.1. The van der Waals surface area contributed by atoms with Gasteiger partial charge in [0.05, 0.1) is 17.9 Å². The molecule has 0 radical (unpaired) electrons. The van der Waals surface area contributed by atoms with Gasteiger partial charge in [0.2, 0.25) is 0 Å². The minimum Gasteiger partial charge on any atom is -0.452 e. The van der Waals surface area contributed by atoms with Crippen molar-refractivity contribution in [1.82, 2.24) is 0 Å². The van der Waals surface area contributed by atoms with Crippen LogP contribution in [0.3, 0.4) is 0 Å². The largest absolute Gasteiger partial charge is 0.452 e. The van der Waals surface area contributed by atoms with Crippen LogP contribution in [0.5, 0.6) is 0 Å². The number of carbonyl (C=O) groups excluding carboxylic acids is 2. The minimum absolute atomic E-state index is 0.0267. The molecule has 10 heteroatoms. The van der Waals surface area contributed by atoms with E-state index in [2.05, 4.69) is 47.6 Å². The van der Waals surface area contributed by atoms with E-state index in [1.807, 2.05) is 73.8 Å². The fourth-order valence-electron chi connectivity index (χ4n) is 13.2. The molecule has 4 aliphatic heterocycles. The van der Waals surface area contributed by atoms with Crippen molar-refractivity contribution in [3.63, 3.8) is 0 Å². The van der Waals surface area contributed by atoms with Gasteiger partial charge < -0.3 is 33.3 Å². The minimum atomic E-state index is -1.75. The van der Waals surface area contributed by atoms with Crippen molar-refractivity contribution in [2.45, 2.75) is 117 Å². The molecule has 7 fully saturated rings. The predicted octanol–water partition coefficient (Wildman–Crippen LogP) is 7.33. The average Bonchev–Trinajstić information content (AvgIpc) is 3.83. The van der Waals surface area contributed by atoms with Crippen molar-refractivity contribution >= 4 is 21.3 Å². The van der Waals surface area contributed by atoms with E-state index in [1.54, 1.807) is 0 Å². The van der Waals surface area contributed by atoms with E-state index in [4.69, 9.17) is 28.1 Å². The quantitative estimate of drug-likeness (QED) is 0.109. The number of benzene rings is 2. The molecule has 10 rings (SSSR count). The monoisotopic (exact) mass is 770 g/mol. The highest BCUT2D eigenvalue weighted by atomic mass is 28.3. The Morgan fingerprint density at radius 2 is 1.64 bits per heavy atom. The summed E-state index contributed by atoms with van der Waals surface area (Å²) in [5, 5.41) is 11.6. The molecule has 55 heavy (non-hydrogen) atoms. The molecule has 2 aromatic carbocycles. The number of aliphatic hydroxyl groups is 1. The summed E-state index contributed by atoms with van der Waals surface area (Å²) in [7, 11) is -1.75. The summed E-state index contributed by atoms with van der Waals surface area (Å²) in [6.45, 7) is 17.0. The highest BCUT2D eigenvalue weighted by molar-refractivity contribution is 6.48. The smallest absolute Gasteiger partial charge is 0.318 e. The second kappa shape index (κ2) is 12.6. The Morgan fingerprint density at radius 1 is 0.982 bits per heavy atom. The van der Waals surface area contributed by atoms with Crippen LogP contribution in [0.25, 0.3) is 0 Å². The molecule has 0 aromatic heterocycles. The Hall–Kier alpha value is -2.70. The van der Waals surface area contributed by atoms with Crippen molar-refractivity contribution in [3.05, 3.63) is 83.4 Å². The number of esters is 1. The van der Waals surface area contributed by atoms with Gasteiger partial charge in [0.15, 0.2) is 21.2 Å². The first-order valence-corrected chi connectivity index (χ1v) is 23.4. The molecule has 4 aliphatic carbocycles. The molecule has 13 unspecified atom stereocenters. The molecule has 3 saturated carbocycles. The molecule has 13 atom stereocenters. The number of aliphatic hydroxyl groups excluding tert-OH is 1. The molecule has 0 amide bonds. The van der Waals surface area contributed by atoms with Gasteiger partial charge in [-0.2, -0.15) is 0 Å². The van der Waals surface area contributed by atoms with Crippen molar-refractivity contribution in [3.8, 4) is 0 Å². The maximum Gasteiger partial charge on any atom is 0.318 e. The van der Waals surface area contributed by atoms with Crippen LogP contribution in [-0.2, 0) is 37.7 Å². The SMILES string of the molecule is CC(C)C1=CC2CC3(C=O)C4CCC(C)C4CC2(COC24OC5C(O)C(OC5(O[SiH](C)C)O2)C4C(C)(C)C)C13C(=O)OC(c1ccccc1)c1ccccc1. The Labute approximate surface area is 327 Å². The van der Waals surface area contributed by atoms with Gasteiger partial charge in [0, 0.05) is 5.41 Å². The molecule has 8 aliphatic rings.